The highest BCUT2D eigenvalue weighted by atomic mass is 19.1. The Morgan fingerprint density at radius 2 is 0.658 bits per heavy atom. The Bertz CT molecular complexity index is 4500. The van der Waals surface area contributed by atoms with E-state index in [0.717, 1.165) is 55.6 Å². The van der Waals surface area contributed by atoms with Crippen molar-refractivity contribution >= 4 is 66.4 Å². The number of halogens is 2. The van der Waals surface area contributed by atoms with Crippen molar-refractivity contribution in [1.82, 2.24) is 0 Å². The van der Waals surface area contributed by atoms with Crippen LogP contribution in [-0.2, 0) is 0 Å². The second-order valence-electron chi connectivity index (χ2n) is 19.9. The molecule has 12 rings (SSSR count). The number of rotatable bonds is 10. The van der Waals surface area contributed by atoms with E-state index in [1.807, 2.05) is 165 Å². The van der Waals surface area contributed by atoms with Gasteiger partial charge in [-0.1, -0.05) is 145 Å². The molecule has 2 nitrogen and oxygen atoms in total. The van der Waals surface area contributed by atoms with Crippen LogP contribution in [0.15, 0.2) is 206 Å². The molecule has 0 atom stereocenters. The minimum atomic E-state index is -0.702. The summed E-state index contributed by atoms with van der Waals surface area (Å²) in [6.45, 7) is 15.7. The molecule has 0 saturated heterocycles. The van der Waals surface area contributed by atoms with Gasteiger partial charge >= 0.3 is 0 Å². The van der Waals surface area contributed by atoms with Crippen LogP contribution in [0.3, 0.4) is 0 Å². The van der Waals surface area contributed by atoms with Crippen molar-refractivity contribution in [2.45, 2.75) is 55.4 Å². The van der Waals surface area contributed by atoms with E-state index in [1.54, 1.807) is 36.4 Å². The first-order valence-corrected chi connectivity index (χ1v) is 25.4. The smallest absolute Gasteiger partial charge is 0.155 e. The lowest BCUT2D eigenvalue weighted by molar-refractivity contribution is 0.632. The summed E-state index contributed by atoms with van der Waals surface area (Å²) < 4.78 is 129. The minimum absolute atomic E-state index is 0.0835. The number of aryl methyl sites for hydroxylation is 4. The summed E-state index contributed by atoms with van der Waals surface area (Å²) in [4.78, 5) is 2.88. The molecule has 76 heavy (non-hydrogen) atoms. The summed E-state index contributed by atoms with van der Waals surface area (Å²) in [6.07, 6.45) is 0. The van der Waals surface area contributed by atoms with Crippen LogP contribution in [-0.4, -0.2) is 0 Å². The quantitative estimate of drug-likeness (QED) is 0.126. The van der Waals surface area contributed by atoms with Gasteiger partial charge in [0.1, 0.15) is 0 Å². The number of para-hydroxylation sites is 2. The molecule has 0 spiro atoms. The second kappa shape index (κ2) is 19.1. The van der Waals surface area contributed by atoms with E-state index in [2.05, 4.69) is 0 Å². The predicted octanol–water partition coefficient (Wildman–Crippen LogP) is 20.9. The highest BCUT2D eigenvalue weighted by molar-refractivity contribution is 6.28. The van der Waals surface area contributed by atoms with E-state index in [4.69, 9.17) is 8.22 Å². The molecule has 0 aromatic heterocycles. The average molecular weight is 999 g/mol. The van der Waals surface area contributed by atoms with Crippen LogP contribution >= 0.6 is 0 Å². The van der Waals surface area contributed by atoms with Gasteiger partial charge in [0, 0.05) is 33.3 Å². The van der Waals surface area contributed by atoms with Crippen LogP contribution in [0.1, 0.15) is 58.2 Å². The van der Waals surface area contributed by atoms with E-state index < -0.39 is 72.1 Å². The van der Waals surface area contributed by atoms with Gasteiger partial charge in [0.2, 0.25) is 0 Å². The Morgan fingerprint density at radius 1 is 0.329 bits per heavy atom. The third-order valence-electron chi connectivity index (χ3n) is 15.7. The molecule has 0 N–H and O–H groups in total. The van der Waals surface area contributed by atoms with Gasteiger partial charge in [-0.2, -0.15) is 0 Å². The Kier molecular flexibility index (Phi) is 9.51. The van der Waals surface area contributed by atoms with Crippen LogP contribution < -0.4 is 9.80 Å². The Labute approximate surface area is 459 Å². The minimum Gasteiger partial charge on any atom is -0.307 e. The molecule has 4 heteroatoms. The fraction of sp³-hybridized carbons (Fsp3) is 0.111. The fourth-order valence-electron chi connectivity index (χ4n) is 11.1. The van der Waals surface area contributed by atoms with Gasteiger partial charge in [-0.15, -0.1) is 0 Å². The second-order valence-corrected chi connectivity index (χ2v) is 19.9. The zero-order chi connectivity index (χ0) is 61.2. The van der Waals surface area contributed by atoms with Crippen molar-refractivity contribution in [1.29, 1.82) is 0 Å². The van der Waals surface area contributed by atoms with Crippen LogP contribution in [0.2, 0.25) is 0 Å². The maximum atomic E-state index is 18.7. The lowest BCUT2D eigenvalue weighted by atomic mass is 9.89. The predicted molar refractivity (Wildman–Crippen MR) is 319 cm³/mol. The Hall–Kier alpha value is -8.86. The summed E-state index contributed by atoms with van der Waals surface area (Å²) in [5, 5.41) is 3.61. The third kappa shape index (κ3) is 7.99. The van der Waals surface area contributed by atoms with Crippen molar-refractivity contribution in [3.63, 3.8) is 0 Å². The van der Waals surface area contributed by atoms with Crippen LogP contribution in [0.25, 0.3) is 76.8 Å². The van der Waals surface area contributed by atoms with E-state index in [-0.39, 0.29) is 45.3 Å². The fourth-order valence-corrected chi connectivity index (χ4v) is 11.1. The first-order chi connectivity index (χ1) is 41.0. The lowest BCUT2D eigenvalue weighted by Crippen LogP contribution is -2.14. The van der Waals surface area contributed by atoms with Gasteiger partial charge in [0.15, 0.2) is 11.6 Å². The van der Waals surface area contributed by atoms with Gasteiger partial charge in [-0.05, 0) is 215 Å². The summed E-state index contributed by atoms with van der Waals surface area (Å²) in [7, 11) is 0. The molecule has 12 aromatic carbocycles. The molecule has 0 aliphatic carbocycles. The number of benzene rings is 12. The monoisotopic (exact) mass is 999 g/mol. The van der Waals surface area contributed by atoms with Gasteiger partial charge in [0.25, 0.3) is 0 Å². The van der Waals surface area contributed by atoms with E-state index >= 15 is 8.78 Å². The molecule has 0 fully saturated rings. The highest BCUT2D eigenvalue weighted by Gasteiger charge is 2.28. The SMILES string of the molecule is [2H]c1c([2H])c([2H])c(N(c2cc(-c3cccc(C)c3C)cc(-c3cccc(C)c3C)c2F)c2ccc3ccc4c(N(c5cc(-c6cccc(C)c6C)cc(-c6cccc(C)c6C)c5F)c5c([2H])c([2H])c([2H])c([2H])c5[2H])ccc5ccc2c3c54)c([2H])c1[2H]. The van der Waals surface area contributed by atoms with Gasteiger partial charge in [0.05, 0.1) is 36.5 Å². The molecule has 370 valence electrons. The summed E-state index contributed by atoms with van der Waals surface area (Å²) in [5.41, 5.74) is 11.8. The first kappa shape index (κ1) is 37.8. The molecule has 0 saturated carbocycles. The number of nitrogens with zero attached hydrogens (tertiary/aromatic N) is 2. The average Bonchev–Trinajstić information content (AvgIpc) is 0.935. The van der Waals surface area contributed by atoms with Gasteiger partial charge < -0.3 is 9.80 Å². The van der Waals surface area contributed by atoms with E-state index in [1.165, 1.54) is 9.80 Å². The molecule has 12 aromatic rings. The summed E-state index contributed by atoms with van der Waals surface area (Å²) in [6, 6.07) is 38.8. The molecule has 0 unspecified atom stereocenters. The third-order valence-corrected chi connectivity index (χ3v) is 15.7. The van der Waals surface area contributed by atoms with Gasteiger partial charge in [-0.3, -0.25) is 0 Å². The Morgan fingerprint density at radius 3 is 1.03 bits per heavy atom. The first-order valence-electron chi connectivity index (χ1n) is 30.4. The molecule has 0 amide bonds. The zero-order valence-electron chi connectivity index (χ0n) is 53.5. The summed E-state index contributed by atoms with van der Waals surface area (Å²) >= 11 is 0. The lowest BCUT2D eigenvalue weighted by Gasteiger charge is -2.31. The number of hydrogen-bond donors (Lipinski definition) is 0. The van der Waals surface area contributed by atoms with Crippen molar-refractivity contribution in [2.75, 3.05) is 9.80 Å². The van der Waals surface area contributed by atoms with Gasteiger partial charge in [-0.25, -0.2) is 8.78 Å². The largest absolute Gasteiger partial charge is 0.307 e. The van der Waals surface area contributed by atoms with Crippen LogP contribution in [0.5, 0.6) is 0 Å². The van der Waals surface area contributed by atoms with Crippen LogP contribution in [0, 0.1) is 67.0 Å². The zero-order valence-corrected chi connectivity index (χ0v) is 43.5. The van der Waals surface area contributed by atoms with Crippen molar-refractivity contribution < 1.29 is 22.5 Å². The maximum Gasteiger partial charge on any atom is 0.155 e. The number of anilines is 6. The molecular weight excluding hydrogens is 931 g/mol. The Balaban J connectivity index is 1.21. The number of hydrogen-bond acceptors (Lipinski definition) is 2. The summed E-state index contributed by atoms with van der Waals surface area (Å²) in [5.74, 6) is -1.40. The normalized spacial score (nSPS) is 13.4. The van der Waals surface area contributed by atoms with Crippen molar-refractivity contribution in [3.8, 4) is 44.5 Å². The standard InChI is InChI=1S/C72H58F2N2/c1-43-19-15-27-57(47(43)5)53-39-63(59-29-17-21-45(3)49(59)7)71(73)67(41-53)75(55-23-11-9-12-24-55)65-37-33-51-32-36-62-66(38-34-52-31-35-61(65)69(51)70(52)62)76(56-25-13-10-14-26-56)68-42-54(58-28-16-20-44(2)48(58)6)40-64(72(68)74)60-30-18-22-46(4)50(60)8/h9-42H,1-8H3/i9D,10D,11D,12D,13D,14D,23D,24D,25D,26D. The molecule has 0 aliphatic heterocycles. The van der Waals surface area contributed by atoms with Crippen molar-refractivity contribution in [2.24, 2.45) is 0 Å². The topological polar surface area (TPSA) is 6.48 Å². The maximum absolute atomic E-state index is 18.7. The molecular formula is C72H58F2N2. The van der Waals surface area contributed by atoms with E-state index in [9.17, 15) is 5.48 Å². The highest BCUT2D eigenvalue weighted by Crippen LogP contribution is 2.51. The van der Waals surface area contributed by atoms with Crippen LogP contribution in [0.4, 0.5) is 42.9 Å². The molecule has 0 aliphatic rings. The molecule has 0 heterocycles. The molecule has 0 radical (unpaired) electrons. The van der Waals surface area contributed by atoms with E-state index in [0.29, 0.717) is 54.6 Å². The van der Waals surface area contributed by atoms with Crippen molar-refractivity contribution in [3.05, 3.63) is 262 Å². The molecule has 0 bridgehead atoms.